The van der Waals surface area contributed by atoms with Crippen LogP contribution in [-0.2, 0) is 4.57 Å². The van der Waals surface area contributed by atoms with Crippen LogP contribution in [0.25, 0.3) is 0 Å². The highest BCUT2D eigenvalue weighted by Gasteiger charge is 2.11. The van der Waals surface area contributed by atoms with Crippen molar-refractivity contribution in [1.82, 2.24) is 0 Å². The Morgan fingerprint density at radius 2 is 1.71 bits per heavy atom. The van der Waals surface area contributed by atoms with Crippen LogP contribution in [0.5, 0.6) is 0 Å². The van der Waals surface area contributed by atoms with E-state index in [1.807, 2.05) is 0 Å². The lowest BCUT2D eigenvalue weighted by Crippen LogP contribution is -2.13. The van der Waals surface area contributed by atoms with Gasteiger partial charge >= 0.3 is 0 Å². The van der Waals surface area contributed by atoms with E-state index in [1.165, 1.54) is 0 Å². The molecule has 0 saturated heterocycles. The molecule has 2 N–H and O–H groups in total. The Hall–Kier alpha value is 0.190. The van der Waals surface area contributed by atoms with Crippen LogP contribution in [0.4, 0.5) is 0 Å². The Morgan fingerprint density at radius 1 is 1.57 bits per heavy atom. The summed E-state index contributed by atoms with van der Waals surface area (Å²) in [6, 6.07) is 0. The van der Waals surface area contributed by atoms with Crippen molar-refractivity contribution in [3.8, 4) is 0 Å². The lowest BCUT2D eigenvalue weighted by atomic mass is 10.8. The highest BCUT2D eigenvalue weighted by Crippen LogP contribution is 2.38. The third-order valence-electron chi connectivity index (χ3n) is 0.981. The molecule has 0 aromatic rings. The quantitative estimate of drug-likeness (QED) is 0.524. The normalized spacial score (nSPS) is 16.6. The van der Waals surface area contributed by atoms with Crippen LogP contribution in [0.3, 0.4) is 0 Å². The maximum Gasteiger partial charge on any atom is 0.0974 e. The topological polar surface area (TPSA) is 43.1 Å². The Balaban J connectivity index is 3.80. The Kier molecular flexibility index (Phi) is 2.03. The molecule has 0 radical (unpaired) electrons. The molecule has 7 heavy (non-hydrogen) atoms. The van der Waals surface area contributed by atoms with Gasteiger partial charge in [0.15, 0.2) is 0 Å². The summed E-state index contributed by atoms with van der Waals surface area (Å²) in [5.74, 6) is -0.146. The molecule has 2 nitrogen and oxygen atoms in total. The Morgan fingerprint density at radius 3 is 1.71 bits per heavy atom. The number of nitrogens with two attached hydrogens (primary N) is 1. The molecule has 0 spiro atoms. The van der Waals surface area contributed by atoms with Crippen LogP contribution in [0.1, 0.15) is 6.92 Å². The first-order chi connectivity index (χ1) is 2.94. The van der Waals surface area contributed by atoms with E-state index in [1.54, 1.807) is 20.3 Å². The summed E-state index contributed by atoms with van der Waals surface area (Å²) in [4.78, 5) is 0. The maximum absolute atomic E-state index is 10.8. The zero-order valence-electron chi connectivity index (χ0n) is 5.01. The Labute approximate surface area is 44.5 Å². The largest absolute Gasteiger partial charge is 0.323 e. The monoisotopic (exact) mass is 121 g/mol. The van der Waals surface area contributed by atoms with E-state index in [2.05, 4.69) is 0 Å². The third-order valence-corrected chi connectivity index (χ3v) is 2.94. The van der Waals surface area contributed by atoms with Crippen LogP contribution in [0, 0.1) is 0 Å². The lowest BCUT2D eigenvalue weighted by molar-refractivity contribution is 0.575. The molecule has 0 heterocycles. The smallest absolute Gasteiger partial charge is 0.0974 e. The van der Waals surface area contributed by atoms with E-state index in [9.17, 15) is 4.57 Å². The first kappa shape index (κ1) is 7.19. The summed E-state index contributed by atoms with van der Waals surface area (Å²) in [5.41, 5.74) is 5.31. The lowest BCUT2D eigenvalue weighted by Gasteiger charge is -2.08. The predicted molar refractivity (Wildman–Crippen MR) is 33.1 cm³/mol. The van der Waals surface area contributed by atoms with Crippen LogP contribution in [-0.4, -0.2) is 19.1 Å². The van der Waals surface area contributed by atoms with E-state index in [-0.39, 0.29) is 5.78 Å². The van der Waals surface area contributed by atoms with Gasteiger partial charge in [0.1, 0.15) is 0 Å². The molecule has 0 rings (SSSR count). The number of hydrogen-bond donors (Lipinski definition) is 1. The summed E-state index contributed by atoms with van der Waals surface area (Å²) in [5, 5.41) is 0. The zero-order chi connectivity index (χ0) is 6.08. The summed E-state index contributed by atoms with van der Waals surface area (Å²) in [6.45, 7) is 5.15. The van der Waals surface area contributed by atoms with E-state index < -0.39 is 7.14 Å². The van der Waals surface area contributed by atoms with Crippen LogP contribution in [0.2, 0.25) is 0 Å². The highest BCUT2D eigenvalue weighted by molar-refractivity contribution is 7.62. The first-order valence-electron chi connectivity index (χ1n) is 2.25. The fraction of sp³-hybridized carbons (Fsp3) is 1.00. The molecule has 0 aliphatic heterocycles. The van der Waals surface area contributed by atoms with Gasteiger partial charge in [0, 0.05) is 0 Å². The molecule has 1 atom stereocenters. The summed E-state index contributed by atoms with van der Waals surface area (Å²) in [7, 11) is -1.96. The summed E-state index contributed by atoms with van der Waals surface area (Å²) < 4.78 is 10.8. The third kappa shape index (κ3) is 2.84. The second-order valence-electron chi connectivity index (χ2n) is 2.17. The first-order valence-corrected chi connectivity index (χ1v) is 4.92. The molecule has 3 heteroatoms. The second-order valence-corrected chi connectivity index (χ2v) is 5.86. The van der Waals surface area contributed by atoms with Gasteiger partial charge in [0.05, 0.1) is 12.9 Å². The minimum absolute atomic E-state index is 0.146. The van der Waals surface area contributed by atoms with Gasteiger partial charge in [0.2, 0.25) is 0 Å². The molecule has 0 aromatic heterocycles. The molecule has 44 valence electrons. The molecule has 1 unspecified atom stereocenters. The van der Waals surface area contributed by atoms with Crippen LogP contribution < -0.4 is 5.73 Å². The van der Waals surface area contributed by atoms with Crippen molar-refractivity contribution in [2.24, 2.45) is 5.73 Å². The molecule has 0 amide bonds. The molecular weight excluding hydrogens is 109 g/mol. The minimum atomic E-state index is -1.96. The average molecular weight is 121 g/mol. The maximum atomic E-state index is 10.8. The van der Waals surface area contributed by atoms with E-state index in [4.69, 9.17) is 5.73 Å². The van der Waals surface area contributed by atoms with Gasteiger partial charge in [-0.25, -0.2) is 0 Å². The van der Waals surface area contributed by atoms with Gasteiger partial charge < -0.3 is 10.3 Å². The van der Waals surface area contributed by atoms with Crippen molar-refractivity contribution in [2.75, 3.05) is 13.3 Å². The van der Waals surface area contributed by atoms with Crippen LogP contribution >= 0.6 is 7.14 Å². The van der Waals surface area contributed by atoms with Crippen molar-refractivity contribution in [3.05, 3.63) is 0 Å². The standard InChI is InChI=1S/C4H12NOP/c1-4(5)7(2,3)6/h4H,5H2,1-3H3. The van der Waals surface area contributed by atoms with Crippen LogP contribution in [0.15, 0.2) is 0 Å². The number of rotatable bonds is 1. The molecule has 0 aliphatic rings. The van der Waals surface area contributed by atoms with Gasteiger partial charge in [0.25, 0.3) is 0 Å². The summed E-state index contributed by atoms with van der Waals surface area (Å²) in [6.07, 6.45) is 0. The van der Waals surface area contributed by atoms with Crippen molar-refractivity contribution in [3.63, 3.8) is 0 Å². The fourth-order valence-electron chi connectivity index (χ4n) is 0. The molecular formula is C4H12NOP. The second kappa shape index (κ2) is 1.97. The van der Waals surface area contributed by atoms with E-state index >= 15 is 0 Å². The van der Waals surface area contributed by atoms with Gasteiger partial charge in [-0.05, 0) is 20.3 Å². The molecule has 0 aromatic carbocycles. The summed E-state index contributed by atoms with van der Waals surface area (Å²) >= 11 is 0. The predicted octanol–water partition coefficient (Wildman–Crippen LogP) is 0.914. The molecule has 0 bridgehead atoms. The van der Waals surface area contributed by atoms with Gasteiger partial charge in [-0.1, -0.05) is 0 Å². The van der Waals surface area contributed by atoms with Crippen molar-refractivity contribution in [2.45, 2.75) is 12.7 Å². The minimum Gasteiger partial charge on any atom is -0.323 e. The number of hydrogen-bond acceptors (Lipinski definition) is 2. The average Bonchev–Trinajstić information content (AvgIpc) is 1.31. The molecule has 0 aliphatic carbocycles. The van der Waals surface area contributed by atoms with Gasteiger partial charge in [-0.3, -0.25) is 0 Å². The van der Waals surface area contributed by atoms with E-state index in [0.717, 1.165) is 0 Å². The van der Waals surface area contributed by atoms with Crippen molar-refractivity contribution < 1.29 is 4.57 Å². The van der Waals surface area contributed by atoms with Gasteiger partial charge in [-0.15, -0.1) is 0 Å². The van der Waals surface area contributed by atoms with Crippen molar-refractivity contribution >= 4 is 7.14 Å². The Bertz CT molecular complexity index is 93.9. The molecule has 0 saturated carbocycles. The molecule has 0 fully saturated rings. The zero-order valence-corrected chi connectivity index (χ0v) is 5.90. The SMILES string of the molecule is CC(N)P(C)(C)=O. The fourth-order valence-corrected chi connectivity index (χ4v) is 0. The van der Waals surface area contributed by atoms with Crippen molar-refractivity contribution in [1.29, 1.82) is 0 Å². The van der Waals surface area contributed by atoms with Gasteiger partial charge in [-0.2, -0.15) is 0 Å². The highest BCUT2D eigenvalue weighted by atomic mass is 31.2. The van der Waals surface area contributed by atoms with E-state index in [0.29, 0.717) is 0 Å².